The molecule has 0 radical (unpaired) electrons. The topological polar surface area (TPSA) is 61.8 Å². The lowest BCUT2D eigenvalue weighted by atomic mass is 9.90. The fraction of sp³-hybridized carbons (Fsp3) is 0.421. The minimum atomic E-state index is -0.573. The molecule has 1 saturated heterocycles. The first-order valence-electron chi connectivity index (χ1n) is 8.40. The first-order chi connectivity index (χ1) is 12.1. The average molecular weight is 394 g/mol. The summed E-state index contributed by atoms with van der Waals surface area (Å²) in [6, 6.07) is 6.31. The van der Waals surface area contributed by atoms with Crippen molar-refractivity contribution in [1.82, 2.24) is 5.32 Å². The number of carbonyl (C=O) groups is 2. The molecule has 1 aliphatic rings. The second-order valence-electron chi connectivity index (χ2n) is 7.17. The molecule has 5 nitrogen and oxygen atoms in total. The molecule has 1 aromatic carbocycles. The van der Waals surface area contributed by atoms with Crippen molar-refractivity contribution in [3.8, 4) is 0 Å². The number of amides is 2. The molecule has 0 saturated carbocycles. The Morgan fingerprint density at radius 2 is 1.96 bits per heavy atom. The van der Waals surface area contributed by atoms with Crippen molar-refractivity contribution < 1.29 is 9.59 Å². The van der Waals surface area contributed by atoms with Gasteiger partial charge in [0, 0.05) is 35.3 Å². The number of halogens is 1. The molecule has 26 heavy (non-hydrogen) atoms. The summed E-state index contributed by atoms with van der Waals surface area (Å²) in [5.41, 5.74) is 1.32. The first-order valence-corrected chi connectivity index (χ1v) is 9.22. The van der Waals surface area contributed by atoms with Crippen molar-refractivity contribution in [3.63, 3.8) is 0 Å². The Morgan fingerprint density at radius 1 is 1.35 bits per heavy atom. The fourth-order valence-corrected chi connectivity index (χ4v) is 3.21. The third-order valence-electron chi connectivity index (χ3n) is 4.15. The molecule has 1 atom stereocenters. The van der Waals surface area contributed by atoms with E-state index in [2.05, 4.69) is 22.9 Å². The Kier molecular flexibility index (Phi) is 6.53. The number of benzene rings is 1. The second kappa shape index (κ2) is 8.27. The van der Waals surface area contributed by atoms with Crippen molar-refractivity contribution in [2.45, 2.75) is 39.7 Å². The number of anilines is 1. The van der Waals surface area contributed by atoms with Gasteiger partial charge in [0.15, 0.2) is 0 Å². The molecular formula is C19H24ClN3O2S. The summed E-state index contributed by atoms with van der Waals surface area (Å²) >= 11 is 10.3. The highest BCUT2D eigenvalue weighted by atomic mass is 35.5. The summed E-state index contributed by atoms with van der Waals surface area (Å²) < 4.78 is 0. The van der Waals surface area contributed by atoms with Crippen LogP contribution in [0.4, 0.5) is 5.69 Å². The number of nitrogens with zero attached hydrogens (tertiary/aromatic N) is 2. The predicted molar refractivity (Wildman–Crippen MR) is 110 cm³/mol. The van der Waals surface area contributed by atoms with Crippen LogP contribution in [0.5, 0.6) is 0 Å². The van der Waals surface area contributed by atoms with Crippen LogP contribution in [0.2, 0.25) is 5.02 Å². The van der Waals surface area contributed by atoms with Crippen LogP contribution in [0, 0.1) is 5.41 Å². The van der Waals surface area contributed by atoms with E-state index >= 15 is 0 Å². The maximum atomic E-state index is 12.7. The highest BCUT2D eigenvalue weighted by Gasteiger charge is 2.37. The lowest BCUT2D eigenvalue weighted by molar-refractivity contribution is -0.123. The Hall–Kier alpha value is -1.79. The number of rotatable bonds is 4. The molecule has 0 aliphatic carbocycles. The summed E-state index contributed by atoms with van der Waals surface area (Å²) in [4.78, 5) is 30.8. The molecule has 0 unspecified atom stereocenters. The highest BCUT2D eigenvalue weighted by molar-refractivity contribution is 7.84. The van der Waals surface area contributed by atoms with Crippen LogP contribution in [-0.2, 0) is 9.59 Å². The summed E-state index contributed by atoms with van der Waals surface area (Å²) in [7, 11) is 1.71. The Bertz CT molecular complexity index is 751. The van der Waals surface area contributed by atoms with E-state index in [9.17, 15) is 9.59 Å². The van der Waals surface area contributed by atoms with Gasteiger partial charge in [0.2, 0.25) is 11.8 Å². The molecule has 1 heterocycles. The molecule has 1 N–H and O–H groups in total. The third kappa shape index (κ3) is 4.89. The van der Waals surface area contributed by atoms with Crippen molar-refractivity contribution in [2.24, 2.45) is 10.4 Å². The van der Waals surface area contributed by atoms with Crippen molar-refractivity contribution in [2.75, 3.05) is 11.9 Å². The average Bonchev–Trinajstić information content (AvgIpc) is 2.94. The SMILES string of the molecule is C/N=C(\C=C(/S)NC(=O)[C@@H]1CCC(=O)N1c1ccc(Cl)cc1)C(C)(C)C. The van der Waals surface area contributed by atoms with Gasteiger partial charge in [-0.2, -0.15) is 0 Å². The molecular weight excluding hydrogens is 370 g/mol. The third-order valence-corrected chi connectivity index (χ3v) is 4.65. The number of allylic oxidation sites excluding steroid dienone is 1. The van der Waals surface area contributed by atoms with E-state index in [0.29, 0.717) is 28.6 Å². The summed E-state index contributed by atoms with van der Waals surface area (Å²) in [6.07, 6.45) is 2.53. The van der Waals surface area contributed by atoms with Crippen LogP contribution in [0.15, 0.2) is 40.4 Å². The van der Waals surface area contributed by atoms with E-state index in [-0.39, 0.29) is 17.2 Å². The second-order valence-corrected chi connectivity index (χ2v) is 8.09. The van der Waals surface area contributed by atoms with E-state index in [1.807, 2.05) is 20.8 Å². The van der Waals surface area contributed by atoms with E-state index in [4.69, 9.17) is 11.6 Å². The molecule has 2 rings (SSSR count). The first kappa shape index (κ1) is 20.5. The van der Waals surface area contributed by atoms with Crippen molar-refractivity contribution in [1.29, 1.82) is 0 Å². The fourth-order valence-electron chi connectivity index (χ4n) is 2.85. The monoisotopic (exact) mass is 393 g/mol. The van der Waals surface area contributed by atoms with Crippen LogP contribution >= 0.6 is 24.2 Å². The van der Waals surface area contributed by atoms with Gasteiger partial charge in [0.25, 0.3) is 0 Å². The minimum absolute atomic E-state index is 0.0809. The summed E-state index contributed by atoms with van der Waals surface area (Å²) in [5.74, 6) is -0.348. The molecule has 7 heteroatoms. The van der Waals surface area contributed by atoms with Crippen LogP contribution in [0.25, 0.3) is 0 Å². The lowest BCUT2D eigenvalue weighted by Crippen LogP contribution is -2.44. The standard InChI is InChI=1S/C19H24ClN3O2S/c1-19(2,3)15(21-4)11-16(26)22-18(25)14-9-10-17(24)23(14)13-7-5-12(20)6-8-13/h5-8,11,14,26H,9-10H2,1-4H3,(H,22,25)/b16-11-,21-15+/t14-/m0/s1. The number of carbonyl (C=O) groups excluding carboxylic acids is 2. The van der Waals surface area contributed by atoms with E-state index < -0.39 is 6.04 Å². The molecule has 140 valence electrons. The van der Waals surface area contributed by atoms with Gasteiger partial charge in [0.05, 0.1) is 5.03 Å². The van der Waals surface area contributed by atoms with Gasteiger partial charge in [-0.05, 0) is 36.8 Å². The molecule has 1 aromatic rings. The molecule has 2 amide bonds. The number of thiol groups is 1. The highest BCUT2D eigenvalue weighted by Crippen LogP contribution is 2.28. The van der Waals surface area contributed by atoms with Gasteiger partial charge in [-0.3, -0.25) is 19.5 Å². The van der Waals surface area contributed by atoms with E-state index in [1.54, 1.807) is 37.4 Å². The molecule has 0 bridgehead atoms. The normalized spacial score (nSPS) is 19.1. The van der Waals surface area contributed by atoms with Crippen LogP contribution in [0.3, 0.4) is 0 Å². The molecule has 1 aliphatic heterocycles. The van der Waals surface area contributed by atoms with Crippen molar-refractivity contribution in [3.05, 3.63) is 40.4 Å². The minimum Gasteiger partial charge on any atom is -0.319 e. The quantitative estimate of drug-likeness (QED) is 0.603. The van der Waals surface area contributed by atoms with Crippen LogP contribution in [0.1, 0.15) is 33.6 Å². The largest absolute Gasteiger partial charge is 0.319 e. The number of hydrogen-bond donors (Lipinski definition) is 2. The van der Waals surface area contributed by atoms with Gasteiger partial charge in [0.1, 0.15) is 6.04 Å². The zero-order valence-electron chi connectivity index (χ0n) is 15.4. The molecule has 0 aromatic heterocycles. The number of hydrogen-bond acceptors (Lipinski definition) is 4. The Morgan fingerprint density at radius 3 is 2.50 bits per heavy atom. The summed E-state index contributed by atoms with van der Waals surface area (Å²) in [6.45, 7) is 6.10. The Labute approximate surface area is 164 Å². The van der Waals surface area contributed by atoms with Crippen LogP contribution in [-0.4, -0.2) is 30.6 Å². The van der Waals surface area contributed by atoms with Crippen LogP contribution < -0.4 is 10.2 Å². The lowest BCUT2D eigenvalue weighted by Gasteiger charge is -2.24. The van der Waals surface area contributed by atoms with E-state index in [1.165, 1.54) is 4.90 Å². The smallest absolute Gasteiger partial charge is 0.247 e. The van der Waals surface area contributed by atoms with Gasteiger partial charge < -0.3 is 5.32 Å². The zero-order valence-corrected chi connectivity index (χ0v) is 17.1. The Balaban J connectivity index is 2.17. The van der Waals surface area contributed by atoms with Gasteiger partial charge >= 0.3 is 0 Å². The maximum absolute atomic E-state index is 12.7. The zero-order chi connectivity index (χ0) is 19.5. The van der Waals surface area contributed by atoms with Gasteiger partial charge in [-0.15, -0.1) is 12.6 Å². The van der Waals surface area contributed by atoms with Gasteiger partial charge in [-0.25, -0.2) is 0 Å². The molecule has 1 fully saturated rings. The number of aliphatic imine (C=N–C) groups is 1. The molecule has 0 spiro atoms. The number of nitrogens with one attached hydrogen (secondary N) is 1. The van der Waals surface area contributed by atoms with E-state index in [0.717, 1.165) is 5.71 Å². The summed E-state index contributed by atoms with van der Waals surface area (Å²) in [5, 5.41) is 3.76. The van der Waals surface area contributed by atoms with Gasteiger partial charge in [-0.1, -0.05) is 32.4 Å². The predicted octanol–water partition coefficient (Wildman–Crippen LogP) is 3.84. The van der Waals surface area contributed by atoms with Crippen molar-refractivity contribution >= 4 is 47.4 Å². The maximum Gasteiger partial charge on any atom is 0.247 e.